The zero-order valence-corrected chi connectivity index (χ0v) is 15.4. The molecule has 1 amide bonds. The molecule has 1 aliphatic rings. The van der Waals surface area contributed by atoms with Gasteiger partial charge in [0.15, 0.2) is 0 Å². The Hall–Kier alpha value is -3.22. The fourth-order valence-electron chi connectivity index (χ4n) is 2.96. The van der Waals surface area contributed by atoms with Crippen molar-refractivity contribution in [3.63, 3.8) is 0 Å². The van der Waals surface area contributed by atoms with Crippen molar-refractivity contribution in [2.24, 2.45) is 5.16 Å². The fourth-order valence-corrected chi connectivity index (χ4v) is 2.96. The van der Waals surface area contributed by atoms with E-state index in [0.29, 0.717) is 25.0 Å². The summed E-state index contributed by atoms with van der Waals surface area (Å²) in [5.41, 5.74) is 2.46. The number of carbonyl (C=O) groups excluding carboxylic acids is 2. The van der Waals surface area contributed by atoms with Crippen LogP contribution in [0, 0.1) is 5.82 Å². The molecule has 2 aromatic carbocycles. The monoisotopic (exact) mass is 384 g/mol. The van der Waals surface area contributed by atoms with Gasteiger partial charge in [-0.2, -0.15) is 0 Å². The molecular formula is C21H21FN2O4. The number of nitrogens with one attached hydrogen (secondary N) is 1. The number of carbonyl (C=O) groups is 2. The Morgan fingerprint density at radius 1 is 1.18 bits per heavy atom. The van der Waals surface area contributed by atoms with E-state index in [2.05, 4.69) is 10.5 Å². The Labute approximate surface area is 162 Å². The van der Waals surface area contributed by atoms with E-state index < -0.39 is 24.0 Å². The van der Waals surface area contributed by atoms with Gasteiger partial charge in [-0.05, 0) is 23.3 Å². The number of halogens is 1. The van der Waals surface area contributed by atoms with Crippen LogP contribution < -0.4 is 5.32 Å². The molecule has 28 heavy (non-hydrogen) atoms. The fraction of sp³-hybridized carbons (Fsp3) is 0.286. The van der Waals surface area contributed by atoms with Gasteiger partial charge in [0.25, 0.3) is 5.91 Å². The van der Waals surface area contributed by atoms with Gasteiger partial charge in [0.1, 0.15) is 11.9 Å². The summed E-state index contributed by atoms with van der Waals surface area (Å²) in [4.78, 5) is 29.8. The zero-order chi connectivity index (χ0) is 19.9. The van der Waals surface area contributed by atoms with E-state index in [1.165, 1.54) is 19.2 Å². The summed E-state index contributed by atoms with van der Waals surface area (Å²) in [5, 5.41) is 6.65. The summed E-state index contributed by atoms with van der Waals surface area (Å²) >= 11 is 0. The molecule has 1 unspecified atom stereocenters. The van der Waals surface area contributed by atoms with Gasteiger partial charge < -0.3 is 14.9 Å². The number of esters is 1. The maximum atomic E-state index is 13.0. The predicted molar refractivity (Wildman–Crippen MR) is 101 cm³/mol. The SMILES string of the molecule is COC(=O)[C@H](Cc1ccccc1)NC(=O)C1CC(Cc2ccc(F)cc2)=NO1. The summed E-state index contributed by atoms with van der Waals surface area (Å²) in [7, 11) is 1.28. The standard InChI is InChI=1S/C21H21FN2O4/c1-27-21(26)18(12-14-5-3-2-4-6-14)23-20(25)19-13-17(24-28-19)11-15-7-9-16(22)10-8-15/h2-10,18-19H,11-13H2,1H3,(H,23,25)/t18-,19?/m0/s1. The van der Waals surface area contributed by atoms with Crippen LogP contribution in [0.15, 0.2) is 59.8 Å². The van der Waals surface area contributed by atoms with Crippen molar-refractivity contribution in [2.75, 3.05) is 7.11 Å². The van der Waals surface area contributed by atoms with Crippen LogP contribution in [0.3, 0.4) is 0 Å². The van der Waals surface area contributed by atoms with Crippen molar-refractivity contribution in [1.82, 2.24) is 5.32 Å². The van der Waals surface area contributed by atoms with Crippen molar-refractivity contribution >= 4 is 17.6 Å². The third-order valence-electron chi connectivity index (χ3n) is 4.43. The molecule has 7 heteroatoms. The largest absolute Gasteiger partial charge is 0.467 e. The maximum Gasteiger partial charge on any atom is 0.328 e. The highest BCUT2D eigenvalue weighted by Gasteiger charge is 2.31. The Morgan fingerprint density at radius 3 is 2.57 bits per heavy atom. The first-order valence-corrected chi connectivity index (χ1v) is 8.93. The lowest BCUT2D eigenvalue weighted by Gasteiger charge is -2.18. The number of nitrogens with zero attached hydrogens (tertiary/aromatic N) is 1. The Kier molecular flexibility index (Phi) is 6.37. The van der Waals surface area contributed by atoms with E-state index in [1.54, 1.807) is 12.1 Å². The number of hydrogen-bond acceptors (Lipinski definition) is 5. The normalized spacial score (nSPS) is 16.6. The number of rotatable bonds is 7. The van der Waals surface area contributed by atoms with Crippen molar-refractivity contribution < 1.29 is 23.6 Å². The molecule has 0 aliphatic carbocycles. The van der Waals surface area contributed by atoms with E-state index in [1.807, 2.05) is 30.3 Å². The van der Waals surface area contributed by atoms with Gasteiger partial charge >= 0.3 is 5.97 Å². The van der Waals surface area contributed by atoms with Crippen molar-refractivity contribution in [1.29, 1.82) is 0 Å². The van der Waals surface area contributed by atoms with E-state index >= 15 is 0 Å². The highest BCUT2D eigenvalue weighted by Crippen LogP contribution is 2.16. The van der Waals surface area contributed by atoms with Crippen LogP contribution in [0.25, 0.3) is 0 Å². The summed E-state index contributed by atoms with van der Waals surface area (Å²) in [6.07, 6.45) is 0.282. The van der Waals surface area contributed by atoms with E-state index in [9.17, 15) is 14.0 Å². The molecule has 3 rings (SSSR count). The molecule has 1 N–H and O–H groups in total. The first-order valence-electron chi connectivity index (χ1n) is 8.93. The van der Waals surface area contributed by atoms with Gasteiger partial charge in [0.2, 0.25) is 6.10 Å². The summed E-state index contributed by atoms with van der Waals surface area (Å²) < 4.78 is 17.8. The lowest BCUT2D eigenvalue weighted by Crippen LogP contribution is -2.47. The highest BCUT2D eigenvalue weighted by atomic mass is 19.1. The van der Waals surface area contributed by atoms with Crippen molar-refractivity contribution in [3.8, 4) is 0 Å². The average molecular weight is 384 g/mol. The molecule has 2 aromatic rings. The van der Waals surface area contributed by atoms with Crippen LogP contribution in [-0.4, -0.2) is 36.8 Å². The van der Waals surface area contributed by atoms with Crippen LogP contribution in [0.4, 0.5) is 4.39 Å². The molecule has 1 heterocycles. The predicted octanol–water partition coefficient (Wildman–Crippen LogP) is 2.41. The highest BCUT2D eigenvalue weighted by molar-refractivity contribution is 5.95. The first kappa shape index (κ1) is 19.5. The summed E-state index contributed by atoms with van der Waals surface area (Å²) in [6, 6.07) is 14.6. The molecule has 0 aromatic heterocycles. The second kappa shape index (κ2) is 9.12. The third-order valence-corrected chi connectivity index (χ3v) is 4.43. The van der Waals surface area contributed by atoms with Crippen molar-refractivity contribution in [2.45, 2.75) is 31.4 Å². The molecule has 0 radical (unpaired) electrons. The van der Waals surface area contributed by atoms with Crippen LogP contribution in [0.2, 0.25) is 0 Å². The van der Waals surface area contributed by atoms with Gasteiger partial charge in [0, 0.05) is 19.3 Å². The lowest BCUT2D eigenvalue weighted by molar-refractivity contribution is -0.146. The minimum Gasteiger partial charge on any atom is -0.467 e. The molecule has 0 bridgehead atoms. The molecule has 0 saturated heterocycles. The quantitative estimate of drug-likeness (QED) is 0.744. The van der Waals surface area contributed by atoms with E-state index in [-0.39, 0.29) is 5.82 Å². The van der Waals surface area contributed by atoms with Crippen LogP contribution >= 0.6 is 0 Å². The summed E-state index contributed by atoms with van der Waals surface area (Å²) in [5.74, 6) is -1.26. The number of hydrogen-bond donors (Lipinski definition) is 1. The van der Waals surface area contributed by atoms with Crippen LogP contribution in [-0.2, 0) is 32.0 Å². The van der Waals surface area contributed by atoms with Crippen LogP contribution in [0.5, 0.6) is 0 Å². The molecule has 6 nitrogen and oxygen atoms in total. The van der Waals surface area contributed by atoms with Gasteiger partial charge in [-0.1, -0.05) is 47.6 Å². The van der Waals surface area contributed by atoms with Crippen molar-refractivity contribution in [3.05, 3.63) is 71.5 Å². The molecule has 0 spiro atoms. The van der Waals surface area contributed by atoms with Gasteiger partial charge in [-0.3, -0.25) is 4.79 Å². The number of benzene rings is 2. The minimum absolute atomic E-state index is 0.308. The number of methoxy groups -OCH3 is 1. The van der Waals surface area contributed by atoms with Crippen LogP contribution in [0.1, 0.15) is 17.5 Å². The Balaban J connectivity index is 1.57. The van der Waals surface area contributed by atoms with Gasteiger partial charge in [0.05, 0.1) is 12.8 Å². The summed E-state index contributed by atoms with van der Waals surface area (Å²) in [6.45, 7) is 0. The Bertz CT molecular complexity index is 852. The van der Waals surface area contributed by atoms with E-state index in [4.69, 9.17) is 9.57 Å². The minimum atomic E-state index is -0.815. The molecule has 0 fully saturated rings. The topological polar surface area (TPSA) is 77.0 Å². The van der Waals surface area contributed by atoms with Gasteiger partial charge in [-0.25, -0.2) is 9.18 Å². The molecule has 1 aliphatic heterocycles. The second-order valence-corrected chi connectivity index (χ2v) is 6.53. The van der Waals surface area contributed by atoms with E-state index in [0.717, 1.165) is 11.1 Å². The number of oxime groups is 1. The molecule has 146 valence electrons. The van der Waals surface area contributed by atoms with Gasteiger partial charge in [-0.15, -0.1) is 0 Å². The smallest absolute Gasteiger partial charge is 0.328 e. The average Bonchev–Trinajstić information content (AvgIpc) is 3.18. The molecular weight excluding hydrogens is 363 g/mol. The first-order chi connectivity index (χ1) is 13.5. The third kappa shape index (κ3) is 5.16. The Morgan fingerprint density at radius 2 is 1.89 bits per heavy atom. The number of ether oxygens (including phenoxy) is 1. The second-order valence-electron chi connectivity index (χ2n) is 6.53. The zero-order valence-electron chi connectivity index (χ0n) is 15.4. The molecule has 0 saturated carbocycles. The lowest BCUT2D eigenvalue weighted by atomic mass is 10.0. The maximum absolute atomic E-state index is 13.0. The molecule has 2 atom stereocenters. The number of amides is 1.